The average molecular weight is 296 g/mol. The summed E-state index contributed by atoms with van der Waals surface area (Å²) in [6.45, 7) is 0. The summed E-state index contributed by atoms with van der Waals surface area (Å²) < 4.78 is 0. The molecule has 2 nitrogen and oxygen atoms in total. The van der Waals surface area contributed by atoms with Crippen LogP contribution in [0.25, 0.3) is 0 Å². The lowest BCUT2D eigenvalue weighted by atomic mass is 10.0. The second-order valence-electron chi connectivity index (χ2n) is 4.45. The molecule has 0 amide bonds. The lowest BCUT2D eigenvalue weighted by Crippen LogP contribution is -2.12. The van der Waals surface area contributed by atoms with Gasteiger partial charge in [0.2, 0.25) is 0 Å². The first-order chi connectivity index (χ1) is 9.15. The van der Waals surface area contributed by atoms with Crippen LogP contribution in [-0.4, -0.2) is 16.2 Å². The van der Waals surface area contributed by atoms with Crippen molar-refractivity contribution < 1.29 is 5.11 Å². The van der Waals surface area contributed by atoms with Crippen LogP contribution < -0.4 is 0 Å². The van der Waals surface area contributed by atoms with Gasteiger partial charge in [-0.15, -0.1) is 0 Å². The van der Waals surface area contributed by atoms with Gasteiger partial charge < -0.3 is 5.11 Å². The van der Waals surface area contributed by atoms with Gasteiger partial charge in [-0.1, -0.05) is 29.3 Å². The van der Waals surface area contributed by atoms with Crippen LogP contribution in [-0.2, 0) is 12.8 Å². The molecule has 0 radical (unpaired) electrons. The molecule has 1 aromatic heterocycles. The van der Waals surface area contributed by atoms with Crippen LogP contribution in [0.4, 0.5) is 0 Å². The Hall–Kier alpha value is -1.09. The van der Waals surface area contributed by atoms with Gasteiger partial charge in [-0.25, -0.2) is 0 Å². The molecule has 2 rings (SSSR count). The quantitative estimate of drug-likeness (QED) is 0.907. The molecule has 1 heterocycles. The third kappa shape index (κ3) is 4.50. The molecular formula is C15H15Cl2NO. The van der Waals surface area contributed by atoms with Crippen molar-refractivity contribution in [1.82, 2.24) is 4.98 Å². The highest BCUT2D eigenvalue weighted by atomic mass is 35.5. The highest BCUT2D eigenvalue weighted by Gasteiger charge is 2.09. The monoisotopic (exact) mass is 295 g/mol. The highest BCUT2D eigenvalue weighted by Crippen LogP contribution is 2.22. The molecule has 1 N–H and O–H groups in total. The summed E-state index contributed by atoms with van der Waals surface area (Å²) >= 11 is 12.0. The maximum absolute atomic E-state index is 10.0. The molecule has 1 unspecified atom stereocenters. The summed E-state index contributed by atoms with van der Waals surface area (Å²) in [4.78, 5) is 4.23. The highest BCUT2D eigenvalue weighted by molar-refractivity contribution is 6.33. The summed E-state index contributed by atoms with van der Waals surface area (Å²) in [5.41, 5.74) is 1.86. The third-order valence-corrected chi connectivity index (χ3v) is 3.53. The molecule has 0 spiro atoms. The summed E-state index contributed by atoms with van der Waals surface area (Å²) in [5, 5.41) is 11.3. The van der Waals surface area contributed by atoms with Crippen molar-refractivity contribution in [3.8, 4) is 0 Å². The van der Waals surface area contributed by atoms with Crippen LogP contribution in [0.5, 0.6) is 0 Å². The van der Waals surface area contributed by atoms with E-state index in [1.165, 1.54) is 0 Å². The zero-order chi connectivity index (χ0) is 13.7. The first kappa shape index (κ1) is 14.3. The summed E-state index contributed by atoms with van der Waals surface area (Å²) in [5.74, 6) is 0. The second kappa shape index (κ2) is 6.90. The largest absolute Gasteiger partial charge is 0.393 e. The number of rotatable bonds is 5. The number of benzene rings is 1. The Kier molecular flexibility index (Phi) is 5.20. The van der Waals surface area contributed by atoms with E-state index in [1.54, 1.807) is 24.4 Å². The van der Waals surface area contributed by atoms with Gasteiger partial charge in [-0.3, -0.25) is 4.98 Å². The maximum Gasteiger partial charge on any atom is 0.0584 e. The van der Waals surface area contributed by atoms with Gasteiger partial charge in [-0.2, -0.15) is 0 Å². The molecule has 1 aromatic carbocycles. The number of nitrogens with zero attached hydrogens (tertiary/aromatic N) is 1. The van der Waals surface area contributed by atoms with Crippen molar-refractivity contribution in [2.45, 2.75) is 25.4 Å². The smallest absolute Gasteiger partial charge is 0.0584 e. The predicted molar refractivity (Wildman–Crippen MR) is 78.7 cm³/mol. The van der Waals surface area contributed by atoms with E-state index >= 15 is 0 Å². The van der Waals surface area contributed by atoms with Crippen LogP contribution in [0.15, 0.2) is 42.6 Å². The van der Waals surface area contributed by atoms with Crippen molar-refractivity contribution in [1.29, 1.82) is 0 Å². The van der Waals surface area contributed by atoms with E-state index in [9.17, 15) is 5.11 Å². The Morgan fingerprint density at radius 2 is 2.00 bits per heavy atom. The number of hydrogen-bond acceptors (Lipinski definition) is 2. The van der Waals surface area contributed by atoms with E-state index in [1.807, 2.05) is 18.2 Å². The number of pyridine rings is 1. The van der Waals surface area contributed by atoms with E-state index in [0.717, 1.165) is 17.7 Å². The van der Waals surface area contributed by atoms with Crippen LogP contribution >= 0.6 is 23.2 Å². The zero-order valence-corrected chi connectivity index (χ0v) is 11.9. The molecule has 2 aromatic rings. The van der Waals surface area contributed by atoms with E-state index in [-0.39, 0.29) is 0 Å². The minimum Gasteiger partial charge on any atom is -0.393 e. The number of aromatic nitrogens is 1. The Morgan fingerprint density at radius 3 is 2.74 bits per heavy atom. The number of hydrogen-bond donors (Lipinski definition) is 1. The first-order valence-electron chi connectivity index (χ1n) is 6.17. The molecule has 0 saturated heterocycles. The summed E-state index contributed by atoms with van der Waals surface area (Å²) in [6.07, 6.45) is 3.22. The summed E-state index contributed by atoms with van der Waals surface area (Å²) in [7, 11) is 0. The Balaban J connectivity index is 1.90. The van der Waals surface area contributed by atoms with E-state index in [4.69, 9.17) is 23.2 Å². The number of halogens is 2. The van der Waals surface area contributed by atoms with Crippen molar-refractivity contribution >= 4 is 23.2 Å². The molecule has 1 atom stereocenters. The fraction of sp³-hybridized carbons (Fsp3) is 0.267. The molecule has 0 aliphatic heterocycles. The number of aryl methyl sites for hydroxylation is 1. The molecule has 0 aliphatic rings. The van der Waals surface area contributed by atoms with E-state index < -0.39 is 6.10 Å². The molecule has 0 fully saturated rings. The Labute approximate surface area is 123 Å². The fourth-order valence-electron chi connectivity index (χ4n) is 1.92. The molecule has 0 bridgehead atoms. The van der Waals surface area contributed by atoms with Gasteiger partial charge in [0.05, 0.1) is 6.10 Å². The maximum atomic E-state index is 10.0. The Bertz CT molecular complexity index is 531. The van der Waals surface area contributed by atoms with Gasteiger partial charge in [0.1, 0.15) is 0 Å². The SMILES string of the molecule is OC(CCc1ccccn1)Cc1cc(Cl)ccc1Cl. The minimum absolute atomic E-state index is 0.446. The molecule has 0 saturated carbocycles. The van der Waals surface area contributed by atoms with Crippen LogP contribution in [0, 0.1) is 0 Å². The predicted octanol–water partition coefficient (Wildman–Crippen LogP) is 3.92. The van der Waals surface area contributed by atoms with Crippen LogP contribution in [0.2, 0.25) is 10.0 Å². The van der Waals surface area contributed by atoms with Crippen molar-refractivity contribution in [2.75, 3.05) is 0 Å². The van der Waals surface area contributed by atoms with Gasteiger partial charge in [-0.05, 0) is 55.2 Å². The number of aliphatic hydroxyl groups is 1. The topological polar surface area (TPSA) is 33.1 Å². The van der Waals surface area contributed by atoms with Gasteiger partial charge >= 0.3 is 0 Å². The van der Waals surface area contributed by atoms with Crippen molar-refractivity contribution in [3.05, 3.63) is 63.9 Å². The fourth-order valence-corrected chi connectivity index (χ4v) is 2.31. The minimum atomic E-state index is -0.446. The average Bonchev–Trinajstić information content (AvgIpc) is 2.42. The lowest BCUT2D eigenvalue weighted by molar-refractivity contribution is 0.165. The van der Waals surface area contributed by atoms with Gasteiger partial charge in [0.25, 0.3) is 0 Å². The molecule has 19 heavy (non-hydrogen) atoms. The molecule has 100 valence electrons. The van der Waals surface area contributed by atoms with Crippen LogP contribution in [0.1, 0.15) is 17.7 Å². The van der Waals surface area contributed by atoms with E-state index in [2.05, 4.69) is 4.98 Å². The zero-order valence-electron chi connectivity index (χ0n) is 10.4. The Morgan fingerprint density at radius 1 is 1.16 bits per heavy atom. The third-order valence-electron chi connectivity index (χ3n) is 2.92. The first-order valence-corrected chi connectivity index (χ1v) is 6.92. The van der Waals surface area contributed by atoms with E-state index in [0.29, 0.717) is 22.9 Å². The van der Waals surface area contributed by atoms with Crippen molar-refractivity contribution in [3.63, 3.8) is 0 Å². The normalized spacial score (nSPS) is 12.4. The molecule has 4 heteroatoms. The summed E-state index contributed by atoms with van der Waals surface area (Å²) in [6, 6.07) is 11.1. The van der Waals surface area contributed by atoms with Gasteiger partial charge in [0, 0.05) is 21.9 Å². The standard InChI is InChI=1S/C15H15Cl2NO/c16-12-4-7-15(17)11(9-12)10-14(19)6-5-13-3-1-2-8-18-13/h1-4,7-9,14,19H,5-6,10H2. The molecule has 0 aliphatic carbocycles. The van der Waals surface area contributed by atoms with Crippen LogP contribution in [0.3, 0.4) is 0 Å². The number of aliphatic hydroxyl groups excluding tert-OH is 1. The van der Waals surface area contributed by atoms with Crippen molar-refractivity contribution in [2.24, 2.45) is 0 Å². The molecular weight excluding hydrogens is 281 g/mol. The second-order valence-corrected chi connectivity index (χ2v) is 5.30. The van der Waals surface area contributed by atoms with Gasteiger partial charge in [0.15, 0.2) is 0 Å². The lowest BCUT2D eigenvalue weighted by Gasteiger charge is -2.11.